The van der Waals surface area contributed by atoms with E-state index in [0.29, 0.717) is 5.65 Å². The maximum atomic E-state index is 12.8. The maximum absolute atomic E-state index is 12.8. The van der Waals surface area contributed by atoms with Gasteiger partial charge >= 0.3 is 6.09 Å². The van der Waals surface area contributed by atoms with Crippen LogP contribution in [0.2, 0.25) is 0 Å². The summed E-state index contributed by atoms with van der Waals surface area (Å²) in [5.41, 5.74) is 3.71. The zero-order chi connectivity index (χ0) is 30.3. The van der Waals surface area contributed by atoms with Crippen LogP contribution in [0.1, 0.15) is 57.4 Å². The van der Waals surface area contributed by atoms with Crippen molar-refractivity contribution in [1.82, 2.24) is 24.9 Å². The van der Waals surface area contributed by atoms with E-state index in [2.05, 4.69) is 28.0 Å². The minimum atomic E-state index is -1.28. The number of rotatable bonds is 7. The molecule has 0 unspecified atom stereocenters. The third kappa shape index (κ3) is 5.57. The first-order valence-electron chi connectivity index (χ1n) is 14.0. The van der Waals surface area contributed by atoms with Gasteiger partial charge in [-0.05, 0) is 51.8 Å². The van der Waals surface area contributed by atoms with Gasteiger partial charge in [0.1, 0.15) is 5.60 Å². The van der Waals surface area contributed by atoms with Crippen molar-refractivity contribution in [3.05, 3.63) is 90.3 Å². The van der Waals surface area contributed by atoms with Crippen molar-refractivity contribution >= 4 is 28.3 Å². The van der Waals surface area contributed by atoms with Crippen molar-refractivity contribution in [2.45, 2.75) is 64.2 Å². The monoisotopic (exact) mass is 567 g/mol. The first-order valence-corrected chi connectivity index (χ1v) is 14.0. The molecular formula is C33H37N5O4. The largest absolute Gasteiger partial charge is 0.444 e. The minimum Gasteiger partial charge on any atom is -0.444 e. The van der Waals surface area contributed by atoms with E-state index < -0.39 is 29.4 Å². The predicted octanol–water partition coefficient (Wildman–Crippen LogP) is 5.64. The van der Waals surface area contributed by atoms with E-state index in [1.54, 1.807) is 31.4 Å². The quantitative estimate of drug-likeness (QED) is 0.247. The van der Waals surface area contributed by atoms with E-state index in [1.165, 1.54) is 0 Å². The highest BCUT2D eigenvalue weighted by atomic mass is 16.6. The van der Waals surface area contributed by atoms with E-state index >= 15 is 0 Å². The van der Waals surface area contributed by atoms with E-state index in [4.69, 9.17) is 9.72 Å². The molecule has 1 amide bonds. The van der Waals surface area contributed by atoms with Crippen LogP contribution in [0.5, 0.6) is 0 Å². The summed E-state index contributed by atoms with van der Waals surface area (Å²) in [7, 11) is 0. The van der Waals surface area contributed by atoms with E-state index in [1.807, 2.05) is 68.6 Å². The molecular weight excluding hydrogens is 530 g/mol. The van der Waals surface area contributed by atoms with E-state index in [-0.39, 0.29) is 12.8 Å². The number of aliphatic hydroxyl groups is 2. The number of nitrogens with one attached hydrogen (secondary N) is 1. The summed E-state index contributed by atoms with van der Waals surface area (Å²) < 4.78 is 7.27. The van der Waals surface area contributed by atoms with Gasteiger partial charge in [0.15, 0.2) is 11.3 Å². The molecule has 3 heterocycles. The van der Waals surface area contributed by atoms with Crippen LogP contribution in [0, 0.1) is 6.92 Å². The molecule has 9 nitrogen and oxygen atoms in total. The predicted molar refractivity (Wildman–Crippen MR) is 164 cm³/mol. The van der Waals surface area contributed by atoms with Crippen molar-refractivity contribution < 1.29 is 19.7 Å². The van der Waals surface area contributed by atoms with Gasteiger partial charge in [0.05, 0.1) is 29.1 Å². The second-order valence-electron chi connectivity index (χ2n) is 12.0. The van der Waals surface area contributed by atoms with Gasteiger partial charge in [-0.2, -0.15) is 9.61 Å². The molecule has 0 saturated heterocycles. The Labute approximate surface area is 245 Å². The first kappa shape index (κ1) is 29.2. The Morgan fingerprint density at radius 3 is 2.55 bits per heavy atom. The van der Waals surface area contributed by atoms with Gasteiger partial charge in [-0.25, -0.2) is 14.8 Å². The Hall–Kier alpha value is -4.34. The fourth-order valence-corrected chi connectivity index (χ4v) is 5.60. The molecule has 1 aliphatic carbocycles. The second kappa shape index (κ2) is 10.8. The number of pyridine rings is 1. The van der Waals surface area contributed by atoms with Crippen LogP contribution in [0.15, 0.2) is 73.5 Å². The van der Waals surface area contributed by atoms with Crippen LogP contribution in [-0.2, 0) is 10.3 Å². The number of benzene rings is 1. The average molecular weight is 568 g/mol. The molecule has 1 fully saturated rings. The maximum Gasteiger partial charge on any atom is 0.408 e. The van der Waals surface area contributed by atoms with E-state index in [0.717, 1.165) is 44.7 Å². The van der Waals surface area contributed by atoms with Crippen LogP contribution < -0.4 is 5.32 Å². The van der Waals surface area contributed by atoms with Crippen molar-refractivity contribution in [2.24, 2.45) is 0 Å². The molecule has 5 rings (SSSR count). The molecule has 1 saturated carbocycles. The van der Waals surface area contributed by atoms with Gasteiger partial charge in [0, 0.05) is 41.6 Å². The zero-order valence-electron chi connectivity index (χ0n) is 24.7. The van der Waals surface area contributed by atoms with Crippen molar-refractivity contribution in [2.75, 3.05) is 6.61 Å². The van der Waals surface area contributed by atoms with Crippen molar-refractivity contribution in [3.63, 3.8) is 0 Å². The summed E-state index contributed by atoms with van der Waals surface area (Å²) in [5.74, 6) is 0. The summed E-state index contributed by atoms with van der Waals surface area (Å²) in [6.07, 6.45) is 9.17. The SMILES string of the molecule is C=C/C=C\C(=C/C)c1cc2cnc3cc(C)nn3c2nc1-c1ccc(C2(NC(=O)OC(C)(C)C)CC(O)(CO)C2)cc1. The molecule has 0 bridgehead atoms. The van der Waals surface area contributed by atoms with Crippen LogP contribution >= 0.6 is 0 Å². The number of alkyl carbamates (subject to hydrolysis) is 1. The molecule has 3 N–H and O–H groups in total. The van der Waals surface area contributed by atoms with Crippen LogP contribution in [-0.4, -0.2) is 53.7 Å². The molecule has 1 aromatic carbocycles. The number of aromatic nitrogens is 4. The van der Waals surface area contributed by atoms with Gasteiger partial charge < -0.3 is 20.3 Å². The smallest absolute Gasteiger partial charge is 0.408 e. The topological polar surface area (TPSA) is 122 Å². The number of aliphatic hydroxyl groups excluding tert-OH is 1. The molecule has 1 aliphatic rings. The molecule has 0 spiro atoms. The number of fused-ring (bicyclic) bond motifs is 3. The second-order valence-corrected chi connectivity index (χ2v) is 12.0. The Morgan fingerprint density at radius 2 is 1.93 bits per heavy atom. The highest BCUT2D eigenvalue weighted by Gasteiger charge is 2.55. The Kier molecular flexibility index (Phi) is 7.51. The number of aryl methyl sites for hydroxylation is 1. The number of hydrogen-bond acceptors (Lipinski definition) is 7. The standard InChI is InChI=1S/C33H37N5O4/c1-7-9-10-22(8-2)26-16-24-17-34-27-15-21(3)37-38(27)29(24)35-28(26)23-11-13-25(14-12-23)33(18-32(41,19-33)20-39)36-30(40)42-31(4,5)6/h7-17,39,41H,1,18-20H2,2-6H3,(H,36,40)/b10-9-,22-8+. The number of hydrogen-bond donors (Lipinski definition) is 3. The Bertz CT molecular complexity index is 1720. The summed E-state index contributed by atoms with van der Waals surface area (Å²) in [5, 5.41) is 28.9. The highest BCUT2D eigenvalue weighted by molar-refractivity contribution is 5.91. The molecule has 42 heavy (non-hydrogen) atoms. The molecule has 218 valence electrons. The van der Waals surface area contributed by atoms with E-state index in [9.17, 15) is 15.0 Å². The first-order chi connectivity index (χ1) is 19.9. The van der Waals surface area contributed by atoms with Crippen molar-refractivity contribution in [3.8, 4) is 11.3 Å². The number of nitrogens with zero attached hydrogens (tertiary/aromatic N) is 4. The Morgan fingerprint density at radius 1 is 1.21 bits per heavy atom. The third-order valence-electron chi connectivity index (χ3n) is 7.42. The fourth-order valence-electron chi connectivity index (χ4n) is 5.60. The molecule has 0 aliphatic heterocycles. The van der Waals surface area contributed by atoms with Gasteiger partial charge in [-0.3, -0.25) is 0 Å². The summed E-state index contributed by atoms with van der Waals surface area (Å²) >= 11 is 0. The average Bonchev–Trinajstić information content (AvgIpc) is 3.31. The highest BCUT2D eigenvalue weighted by Crippen LogP contribution is 2.48. The van der Waals surface area contributed by atoms with Gasteiger partial charge in [-0.1, -0.05) is 55.1 Å². The lowest BCUT2D eigenvalue weighted by Gasteiger charge is -2.53. The van der Waals surface area contributed by atoms with Gasteiger partial charge in [0.2, 0.25) is 0 Å². The molecule has 0 radical (unpaired) electrons. The Balaban J connectivity index is 1.61. The lowest BCUT2D eigenvalue weighted by Crippen LogP contribution is -2.64. The zero-order valence-corrected chi connectivity index (χ0v) is 24.7. The number of ether oxygens (including phenoxy) is 1. The van der Waals surface area contributed by atoms with Crippen LogP contribution in [0.4, 0.5) is 4.79 Å². The van der Waals surface area contributed by atoms with Gasteiger partial charge in [0.25, 0.3) is 0 Å². The summed E-state index contributed by atoms with van der Waals surface area (Å²) in [6, 6.07) is 11.7. The molecule has 3 aromatic heterocycles. The fraction of sp³-hybridized carbons (Fsp3) is 0.333. The summed E-state index contributed by atoms with van der Waals surface area (Å²) in [6.45, 7) is 12.7. The van der Waals surface area contributed by atoms with Crippen LogP contribution in [0.3, 0.4) is 0 Å². The number of allylic oxidation sites excluding steroid dienone is 5. The molecule has 9 heteroatoms. The lowest BCUT2D eigenvalue weighted by molar-refractivity contribution is -0.131. The number of amides is 1. The normalized spacial score (nSPS) is 21.1. The summed E-state index contributed by atoms with van der Waals surface area (Å²) in [4.78, 5) is 22.5. The van der Waals surface area contributed by atoms with Gasteiger partial charge in [-0.15, -0.1) is 0 Å². The van der Waals surface area contributed by atoms with Crippen molar-refractivity contribution in [1.29, 1.82) is 0 Å². The lowest BCUT2D eigenvalue weighted by atomic mass is 9.62. The minimum absolute atomic E-state index is 0.160. The molecule has 0 atom stereocenters. The number of carbonyl (C=O) groups is 1. The number of carbonyl (C=O) groups excluding carboxylic acids is 1. The molecule has 4 aromatic rings. The third-order valence-corrected chi connectivity index (χ3v) is 7.42. The van der Waals surface area contributed by atoms with Crippen LogP contribution in [0.25, 0.3) is 33.5 Å².